The van der Waals surface area contributed by atoms with Gasteiger partial charge in [0.25, 0.3) is 0 Å². The quantitative estimate of drug-likeness (QED) is 0.688. The number of thiophene rings is 1. The molecule has 0 aliphatic heterocycles. The van der Waals surface area contributed by atoms with E-state index in [1.54, 1.807) is 18.3 Å². The van der Waals surface area contributed by atoms with Gasteiger partial charge in [-0.15, -0.1) is 11.3 Å². The number of halogens is 1. The lowest BCUT2D eigenvalue weighted by Gasteiger charge is -2.06. The Labute approximate surface area is 125 Å². The van der Waals surface area contributed by atoms with Crippen LogP contribution in [0.3, 0.4) is 0 Å². The summed E-state index contributed by atoms with van der Waals surface area (Å²) in [5, 5.41) is 2.11. The number of fused-ring (bicyclic) bond motifs is 1. The number of aromatic amines is 1. The summed E-state index contributed by atoms with van der Waals surface area (Å²) in [7, 11) is 0. The molecule has 1 aromatic carbocycles. The van der Waals surface area contributed by atoms with Crippen LogP contribution in [0.1, 0.15) is 22.9 Å². The van der Waals surface area contributed by atoms with Crippen molar-refractivity contribution in [2.45, 2.75) is 26.8 Å². The molecule has 3 aromatic rings. The zero-order valence-electron chi connectivity index (χ0n) is 11.4. The van der Waals surface area contributed by atoms with Gasteiger partial charge >= 0.3 is 0 Å². The van der Waals surface area contributed by atoms with Crippen molar-refractivity contribution < 1.29 is 4.39 Å². The van der Waals surface area contributed by atoms with Gasteiger partial charge < -0.3 is 9.55 Å². The van der Waals surface area contributed by atoms with E-state index in [0.29, 0.717) is 10.3 Å². The standard InChI is InChI=1S/C15H15FN2S2/c1-3-10-4-5-20-14(10)8-18-13-6-9(2)11(16)7-12(13)17-15(18)19/h4-7H,3,8H2,1-2H3,(H,17,19). The summed E-state index contributed by atoms with van der Waals surface area (Å²) in [5.74, 6) is -0.203. The van der Waals surface area contributed by atoms with Gasteiger partial charge in [-0.25, -0.2) is 4.39 Å². The van der Waals surface area contributed by atoms with Crippen molar-refractivity contribution in [2.24, 2.45) is 0 Å². The minimum absolute atomic E-state index is 0.203. The predicted octanol–water partition coefficient (Wildman–Crippen LogP) is 4.82. The Hall–Kier alpha value is -1.46. The van der Waals surface area contributed by atoms with E-state index in [1.165, 1.54) is 16.5 Å². The number of nitrogens with one attached hydrogen (secondary N) is 1. The zero-order chi connectivity index (χ0) is 14.3. The van der Waals surface area contributed by atoms with Crippen LogP contribution in [0.2, 0.25) is 0 Å². The molecule has 0 saturated carbocycles. The summed E-state index contributed by atoms with van der Waals surface area (Å²) >= 11 is 7.12. The van der Waals surface area contributed by atoms with Crippen LogP contribution >= 0.6 is 23.6 Å². The average molecular weight is 306 g/mol. The maximum atomic E-state index is 13.6. The molecule has 20 heavy (non-hydrogen) atoms. The Morgan fingerprint density at radius 3 is 2.95 bits per heavy atom. The second-order valence-corrected chi connectivity index (χ2v) is 6.24. The molecule has 0 unspecified atom stereocenters. The fourth-order valence-corrected chi connectivity index (χ4v) is 3.64. The van der Waals surface area contributed by atoms with Crippen LogP contribution in [-0.2, 0) is 13.0 Å². The van der Waals surface area contributed by atoms with Gasteiger partial charge in [-0.1, -0.05) is 6.92 Å². The van der Waals surface area contributed by atoms with Gasteiger partial charge in [0, 0.05) is 4.88 Å². The number of aryl methyl sites for hydroxylation is 2. The molecule has 0 radical (unpaired) electrons. The molecule has 0 amide bonds. The molecule has 1 N–H and O–H groups in total. The van der Waals surface area contributed by atoms with Crippen molar-refractivity contribution in [1.82, 2.24) is 9.55 Å². The number of rotatable bonds is 3. The van der Waals surface area contributed by atoms with Crippen LogP contribution in [0, 0.1) is 17.5 Å². The van der Waals surface area contributed by atoms with Crippen LogP contribution in [0.25, 0.3) is 11.0 Å². The highest BCUT2D eigenvalue weighted by molar-refractivity contribution is 7.71. The highest BCUT2D eigenvalue weighted by Crippen LogP contribution is 2.23. The molecule has 0 spiro atoms. The fraction of sp³-hybridized carbons (Fsp3) is 0.267. The van der Waals surface area contributed by atoms with E-state index in [9.17, 15) is 4.39 Å². The highest BCUT2D eigenvalue weighted by atomic mass is 32.1. The summed E-state index contributed by atoms with van der Waals surface area (Å²) in [4.78, 5) is 4.40. The molecule has 2 aromatic heterocycles. The fourth-order valence-electron chi connectivity index (χ4n) is 2.40. The number of imidazole rings is 1. The van der Waals surface area contributed by atoms with Crippen molar-refractivity contribution in [3.63, 3.8) is 0 Å². The van der Waals surface area contributed by atoms with Crippen molar-refractivity contribution in [1.29, 1.82) is 0 Å². The monoisotopic (exact) mass is 306 g/mol. The Bertz CT molecular complexity index is 826. The number of hydrogen-bond acceptors (Lipinski definition) is 2. The van der Waals surface area contributed by atoms with Gasteiger partial charge in [-0.2, -0.15) is 0 Å². The van der Waals surface area contributed by atoms with Crippen molar-refractivity contribution in [3.05, 3.63) is 50.2 Å². The molecule has 2 heterocycles. The van der Waals surface area contributed by atoms with Gasteiger partial charge in [0.1, 0.15) is 5.82 Å². The molecule has 3 rings (SSSR count). The zero-order valence-corrected chi connectivity index (χ0v) is 13.0. The largest absolute Gasteiger partial charge is 0.330 e. The Morgan fingerprint density at radius 1 is 1.40 bits per heavy atom. The van der Waals surface area contributed by atoms with Crippen LogP contribution in [0.15, 0.2) is 23.6 Å². The van der Waals surface area contributed by atoms with E-state index in [-0.39, 0.29) is 5.82 Å². The first-order valence-corrected chi connectivity index (χ1v) is 7.83. The molecule has 0 fully saturated rings. The Morgan fingerprint density at radius 2 is 2.20 bits per heavy atom. The molecule has 0 bridgehead atoms. The lowest BCUT2D eigenvalue weighted by atomic mass is 10.2. The van der Waals surface area contributed by atoms with E-state index >= 15 is 0 Å². The first-order valence-electron chi connectivity index (χ1n) is 6.54. The number of aromatic nitrogens is 2. The van der Waals surface area contributed by atoms with Gasteiger partial charge in [-0.05, 0) is 60.3 Å². The third-order valence-corrected chi connectivity index (χ3v) is 4.85. The average Bonchev–Trinajstić information content (AvgIpc) is 2.97. The molecule has 0 aliphatic rings. The summed E-state index contributed by atoms with van der Waals surface area (Å²) in [6.07, 6.45) is 1.02. The van der Waals surface area contributed by atoms with Crippen molar-refractivity contribution >= 4 is 34.6 Å². The van der Waals surface area contributed by atoms with Gasteiger partial charge in [0.2, 0.25) is 0 Å². The predicted molar refractivity (Wildman–Crippen MR) is 84.6 cm³/mol. The molecular formula is C15H15FN2S2. The van der Waals surface area contributed by atoms with E-state index in [2.05, 4.69) is 23.4 Å². The Kier molecular flexibility index (Phi) is 3.48. The minimum Gasteiger partial charge on any atom is -0.330 e. The van der Waals surface area contributed by atoms with Crippen LogP contribution in [0.5, 0.6) is 0 Å². The first-order chi connectivity index (χ1) is 9.60. The maximum Gasteiger partial charge on any atom is 0.178 e. The lowest BCUT2D eigenvalue weighted by molar-refractivity contribution is 0.620. The third-order valence-electron chi connectivity index (χ3n) is 3.57. The van der Waals surface area contributed by atoms with Gasteiger partial charge in [-0.3, -0.25) is 0 Å². The third kappa shape index (κ3) is 2.21. The molecular weight excluding hydrogens is 291 g/mol. The molecule has 0 aliphatic carbocycles. The second-order valence-electron chi connectivity index (χ2n) is 4.86. The summed E-state index contributed by atoms with van der Waals surface area (Å²) in [6.45, 7) is 4.67. The SMILES string of the molecule is CCc1ccsc1Cn1c(=S)[nH]c2cc(F)c(C)cc21. The minimum atomic E-state index is -0.203. The summed E-state index contributed by atoms with van der Waals surface area (Å²) in [5.41, 5.74) is 3.71. The Balaban J connectivity index is 2.14. The highest BCUT2D eigenvalue weighted by Gasteiger charge is 2.10. The molecule has 5 heteroatoms. The summed E-state index contributed by atoms with van der Waals surface area (Å²) in [6, 6.07) is 5.53. The van der Waals surface area contributed by atoms with Crippen LogP contribution < -0.4 is 0 Å². The number of benzene rings is 1. The van der Waals surface area contributed by atoms with E-state index in [1.807, 2.05) is 10.6 Å². The maximum absolute atomic E-state index is 13.6. The number of H-pyrrole nitrogens is 1. The van der Waals surface area contributed by atoms with Crippen LogP contribution in [0.4, 0.5) is 4.39 Å². The summed E-state index contributed by atoms with van der Waals surface area (Å²) < 4.78 is 16.3. The first kappa shape index (κ1) is 13.5. The molecule has 2 nitrogen and oxygen atoms in total. The van der Waals surface area contributed by atoms with Crippen LogP contribution in [-0.4, -0.2) is 9.55 Å². The number of nitrogens with zero attached hydrogens (tertiary/aromatic N) is 1. The topological polar surface area (TPSA) is 20.7 Å². The van der Waals surface area contributed by atoms with E-state index in [0.717, 1.165) is 24.0 Å². The van der Waals surface area contributed by atoms with Gasteiger partial charge in [0.05, 0.1) is 17.6 Å². The van der Waals surface area contributed by atoms with Gasteiger partial charge in [0.15, 0.2) is 4.77 Å². The second kappa shape index (κ2) is 5.14. The number of hydrogen-bond donors (Lipinski definition) is 1. The normalized spacial score (nSPS) is 11.3. The van der Waals surface area contributed by atoms with E-state index < -0.39 is 0 Å². The molecule has 0 atom stereocenters. The lowest BCUT2D eigenvalue weighted by Crippen LogP contribution is -2.00. The van der Waals surface area contributed by atoms with Crippen molar-refractivity contribution in [2.75, 3.05) is 0 Å². The van der Waals surface area contributed by atoms with E-state index in [4.69, 9.17) is 12.2 Å². The van der Waals surface area contributed by atoms with Crippen molar-refractivity contribution in [3.8, 4) is 0 Å². The molecule has 104 valence electrons. The smallest absolute Gasteiger partial charge is 0.178 e. The molecule has 0 saturated heterocycles.